The smallest absolute Gasteiger partial charge is 0.109 e. The van der Waals surface area contributed by atoms with Crippen LogP contribution in [0.25, 0.3) is 0 Å². The molecular formula is C12H17Cl4FN2. The Kier molecular flexibility index (Phi) is 9.33. The largest absolute Gasteiger partial charge is 0.314 e. The van der Waals surface area contributed by atoms with Crippen molar-refractivity contribution in [2.75, 3.05) is 32.9 Å². The maximum absolute atomic E-state index is 13.3. The van der Waals surface area contributed by atoms with Gasteiger partial charge in [0.2, 0.25) is 0 Å². The Bertz CT molecular complexity index is 386. The summed E-state index contributed by atoms with van der Waals surface area (Å²) in [5.41, 5.74) is 0.781. The zero-order chi connectivity index (χ0) is 12.3. The Morgan fingerprint density at radius 3 is 2.42 bits per heavy atom. The molecule has 0 radical (unpaired) electrons. The van der Waals surface area contributed by atoms with Crippen molar-refractivity contribution >= 4 is 48.0 Å². The third-order valence-electron chi connectivity index (χ3n) is 3.08. The molecule has 110 valence electrons. The van der Waals surface area contributed by atoms with Gasteiger partial charge in [0, 0.05) is 26.2 Å². The second kappa shape index (κ2) is 9.22. The van der Waals surface area contributed by atoms with Gasteiger partial charge in [-0.05, 0) is 11.6 Å². The molecule has 1 saturated heterocycles. The quantitative estimate of drug-likeness (QED) is 0.893. The first-order chi connectivity index (χ1) is 8.24. The number of nitrogens with zero attached hydrogens (tertiary/aromatic N) is 1. The molecule has 1 aromatic carbocycles. The van der Waals surface area contributed by atoms with Crippen molar-refractivity contribution in [3.05, 3.63) is 33.8 Å². The van der Waals surface area contributed by atoms with Gasteiger partial charge >= 0.3 is 0 Å². The lowest BCUT2D eigenvalue weighted by Gasteiger charge is -2.34. The average Bonchev–Trinajstić information content (AvgIpc) is 2.37. The molecule has 1 aromatic rings. The van der Waals surface area contributed by atoms with E-state index in [4.69, 9.17) is 23.2 Å². The summed E-state index contributed by atoms with van der Waals surface area (Å²) in [5, 5.41) is 4.20. The van der Waals surface area contributed by atoms with E-state index in [0.29, 0.717) is 10.0 Å². The van der Waals surface area contributed by atoms with E-state index in [1.54, 1.807) is 6.07 Å². The van der Waals surface area contributed by atoms with Crippen molar-refractivity contribution in [3.8, 4) is 0 Å². The summed E-state index contributed by atoms with van der Waals surface area (Å²) in [6.07, 6.45) is 0. The summed E-state index contributed by atoms with van der Waals surface area (Å²) >= 11 is 12.1. The lowest BCUT2D eigenvalue weighted by atomic mass is 10.1. The summed E-state index contributed by atoms with van der Waals surface area (Å²) in [6.45, 7) is 2.98. The van der Waals surface area contributed by atoms with Crippen LogP contribution < -0.4 is 5.32 Å². The maximum Gasteiger partial charge on any atom is 0.109 e. The lowest BCUT2D eigenvalue weighted by molar-refractivity contribution is 0.147. The highest BCUT2D eigenvalue weighted by Crippen LogP contribution is 2.33. The van der Waals surface area contributed by atoms with E-state index in [2.05, 4.69) is 10.2 Å². The zero-order valence-corrected chi connectivity index (χ0v) is 13.4. The van der Waals surface area contributed by atoms with E-state index in [0.717, 1.165) is 31.7 Å². The first-order valence-electron chi connectivity index (χ1n) is 5.68. The van der Waals surface area contributed by atoms with Crippen molar-refractivity contribution in [2.24, 2.45) is 0 Å². The second-order valence-electron chi connectivity index (χ2n) is 4.10. The molecule has 0 bridgehead atoms. The summed E-state index contributed by atoms with van der Waals surface area (Å²) < 4.78 is 13.3. The molecule has 2 nitrogen and oxygen atoms in total. The summed E-state index contributed by atoms with van der Waals surface area (Å²) in [4.78, 5) is 2.11. The van der Waals surface area contributed by atoms with Crippen LogP contribution in [0, 0.1) is 0 Å². The highest BCUT2D eigenvalue weighted by molar-refractivity contribution is 6.42. The topological polar surface area (TPSA) is 15.3 Å². The number of hydrogen-bond donors (Lipinski definition) is 1. The number of piperazine rings is 1. The minimum atomic E-state index is -0.444. The molecule has 0 saturated carbocycles. The van der Waals surface area contributed by atoms with Gasteiger partial charge in [-0.25, -0.2) is 4.39 Å². The Morgan fingerprint density at radius 2 is 1.84 bits per heavy atom. The van der Waals surface area contributed by atoms with Crippen LogP contribution >= 0.6 is 48.0 Å². The molecule has 0 spiro atoms. The van der Waals surface area contributed by atoms with Gasteiger partial charge in [-0.2, -0.15) is 0 Å². The Hall–Kier alpha value is 0.230. The van der Waals surface area contributed by atoms with Crippen molar-refractivity contribution in [1.82, 2.24) is 10.2 Å². The molecule has 1 atom stereocenters. The van der Waals surface area contributed by atoms with Crippen molar-refractivity contribution in [3.63, 3.8) is 0 Å². The molecule has 7 heteroatoms. The third-order valence-corrected chi connectivity index (χ3v) is 3.91. The fourth-order valence-electron chi connectivity index (χ4n) is 2.15. The standard InChI is InChI=1S/C12H15Cl2FN2.2ClH/c13-10-3-1-2-9(12(10)14)11(8-15)17-6-4-16-5-7-17;;/h1-3,11,16H,4-8H2;2*1H/t11-;;/m0../s1. The van der Waals surface area contributed by atoms with E-state index in [-0.39, 0.29) is 30.9 Å². The van der Waals surface area contributed by atoms with Crippen molar-refractivity contribution in [1.29, 1.82) is 0 Å². The summed E-state index contributed by atoms with van der Waals surface area (Å²) in [7, 11) is 0. The molecule has 1 N–H and O–H groups in total. The molecule has 0 aromatic heterocycles. The van der Waals surface area contributed by atoms with Crippen LogP contribution in [-0.4, -0.2) is 37.8 Å². The van der Waals surface area contributed by atoms with Crippen LogP contribution in [0.3, 0.4) is 0 Å². The normalized spacial score (nSPS) is 17.2. The van der Waals surface area contributed by atoms with E-state index < -0.39 is 6.67 Å². The number of alkyl halides is 1. The minimum absolute atomic E-state index is 0. The molecule has 0 unspecified atom stereocenters. The van der Waals surface area contributed by atoms with Crippen molar-refractivity contribution in [2.45, 2.75) is 6.04 Å². The van der Waals surface area contributed by atoms with Gasteiger partial charge in [-0.15, -0.1) is 24.8 Å². The molecule has 1 aliphatic heterocycles. The number of hydrogen-bond acceptors (Lipinski definition) is 2. The number of rotatable bonds is 3. The van der Waals surface area contributed by atoms with Gasteiger partial charge in [-0.3, -0.25) is 4.90 Å². The van der Waals surface area contributed by atoms with Crippen molar-refractivity contribution < 1.29 is 4.39 Å². The molecule has 1 aliphatic rings. The van der Waals surface area contributed by atoms with E-state index in [1.807, 2.05) is 12.1 Å². The fourth-order valence-corrected chi connectivity index (χ4v) is 2.58. The van der Waals surface area contributed by atoms with Crippen LogP contribution in [0.2, 0.25) is 10.0 Å². The van der Waals surface area contributed by atoms with Gasteiger partial charge in [-0.1, -0.05) is 35.3 Å². The molecule has 1 heterocycles. The molecule has 0 amide bonds. The highest BCUT2D eigenvalue weighted by Gasteiger charge is 2.24. The van der Waals surface area contributed by atoms with Gasteiger partial charge in [0.25, 0.3) is 0 Å². The SMILES string of the molecule is Cl.Cl.FC[C@@H](c1cccc(Cl)c1Cl)N1CCNCC1. The van der Waals surface area contributed by atoms with E-state index in [1.165, 1.54) is 0 Å². The monoisotopic (exact) mass is 348 g/mol. The first kappa shape index (κ1) is 19.2. The summed E-state index contributed by atoms with van der Waals surface area (Å²) in [5.74, 6) is 0. The first-order valence-corrected chi connectivity index (χ1v) is 6.44. The van der Waals surface area contributed by atoms with E-state index in [9.17, 15) is 4.39 Å². The van der Waals surface area contributed by atoms with Gasteiger partial charge < -0.3 is 5.32 Å². The molecule has 19 heavy (non-hydrogen) atoms. The van der Waals surface area contributed by atoms with Crippen LogP contribution in [0.5, 0.6) is 0 Å². The number of nitrogens with one attached hydrogen (secondary N) is 1. The fraction of sp³-hybridized carbons (Fsp3) is 0.500. The number of benzene rings is 1. The molecule has 1 fully saturated rings. The zero-order valence-electron chi connectivity index (χ0n) is 10.2. The van der Waals surface area contributed by atoms with Crippen LogP contribution in [0.4, 0.5) is 4.39 Å². The van der Waals surface area contributed by atoms with Crippen LogP contribution in [-0.2, 0) is 0 Å². The lowest BCUT2D eigenvalue weighted by Crippen LogP contribution is -2.45. The highest BCUT2D eigenvalue weighted by atomic mass is 35.5. The molecule has 0 aliphatic carbocycles. The predicted octanol–water partition coefficient (Wildman–Crippen LogP) is 3.75. The van der Waals surface area contributed by atoms with Gasteiger partial charge in [0.05, 0.1) is 16.1 Å². The molecule has 2 rings (SSSR count). The van der Waals surface area contributed by atoms with Gasteiger partial charge in [0.1, 0.15) is 6.67 Å². The third kappa shape index (κ3) is 4.62. The van der Waals surface area contributed by atoms with Crippen LogP contribution in [0.1, 0.15) is 11.6 Å². The maximum atomic E-state index is 13.3. The number of halogens is 5. The summed E-state index contributed by atoms with van der Waals surface area (Å²) in [6, 6.07) is 5.10. The average molecular weight is 350 g/mol. The Morgan fingerprint density at radius 1 is 1.21 bits per heavy atom. The predicted molar refractivity (Wildman–Crippen MR) is 84.1 cm³/mol. The van der Waals surface area contributed by atoms with Crippen LogP contribution in [0.15, 0.2) is 18.2 Å². The minimum Gasteiger partial charge on any atom is -0.314 e. The van der Waals surface area contributed by atoms with Gasteiger partial charge in [0.15, 0.2) is 0 Å². The Balaban J connectivity index is 0.00000162. The second-order valence-corrected chi connectivity index (χ2v) is 4.88. The Labute approximate surface area is 135 Å². The van der Waals surface area contributed by atoms with E-state index >= 15 is 0 Å². The molecular weight excluding hydrogens is 333 g/mol.